The van der Waals surface area contributed by atoms with Gasteiger partial charge in [0.25, 0.3) is 0 Å². The highest BCUT2D eigenvalue weighted by molar-refractivity contribution is 5.96. The van der Waals surface area contributed by atoms with Gasteiger partial charge in [-0.3, -0.25) is 14.9 Å². The lowest BCUT2D eigenvalue weighted by molar-refractivity contribution is -0.385. The van der Waals surface area contributed by atoms with Crippen LogP contribution < -0.4 is 15.6 Å². The second-order valence-electron chi connectivity index (χ2n) is 6.07. The van der Waals surface area contributed by atoms with Crippen molar-refractivity contribution in [2.75, 3.05) is 19.0 Å². The molecule has 0 unspecified atom stereocenters. The van der Waals surface area contributed by atoms with Crippen LogP contribution in [0.25, 0.3) is 10.9 Å². The Morgan fingerprint density at radius 1 is 1.15 bits per heavy atom. The first-order chi connectivity index (χ1) is 13.1. The summed E-state index contributed by atoms with van der Waals surface area (Å²) in [7, 11) is 1.61. The lowest BCUT2D eigenvalue weighted by Crippen LogP contribution is -2.24. The minimum Gasteiger partial charge on any atom is -0.497 e. The summed E-state index contributed by atoms with van der Waals surface area (Å²) >= 11 is 0. The van der Waals surface area contributed by atoms with Crippen molar-refractivity contribution in [3.8, 4) is 5.75 Å². The van der Waals surface area contributed by atoms with E-state index in [1.807, 2.05) is 36.4 Å². The Balaban J connectivity index is 1.96. The first-order valence-electron chi connectivity index (χ1n) is 8.73. The first kappa shape index (κ1) is 18.4. The van der Waals surface area contributed by atoms with E-state index >= 15 is 0 Å². The highest BCUT2D eigenvalue weighted by atomic mass is 16.6. The van der Waals surface area contributed by atoms with Crippen molar-refractivity contribution < 1.29 is 9.66 Å². The summed E-state index contributed by atoms with van der Waals surface area (Å²) in [4.78, 5) is 23.6. The Morgan fingerprint density at radius 3 is 2.48 bits per heavy atom. The van der Waals surface area contributed by atoms with E-state index in [-0.39, 0.29) is 5.69 Å². The molecule has 0 bridgehead atoms. The molecule has 0 fully saturated rings. The van der Waals surface area contributed by atoms with Crippen LogP contribution >= 0.6 is 0 Å². The largest absolute Gasteiger partial charge is 0.497 e. The number of pyridine rings is 1. The molecule has 140 valence electrons. The molecule has 0 aliphatic rings. The maximum absolute atomic E-state index is 12.6. The molecule has 7 nitrogen and oxygen atoms in total. The van der Waals surface area contributed by atoms with Gasteiger partial charge < -0.3 is 14.6 Å². The van der Waals surface area contributed by atoms with Crippen LogP contribution in [0.4, 0.5) is 11.4 Å². The highest BCUT2D eigenvalue weighted by Gasteiger charge is 2.25. The van der Waals surface area contributed by atoms with Crippen molar-refractivity contribution in [3.63, 3.8) is 0 Å². The molecule has 0 radical (unpaired) electrons. The molecule has 3 rings (SSSR count). The van der Waals surface area contributed by atoms with Gasteiger partial charge in [-0.1, -0.05) is 30.3 Å². The summed E-state index contributed by atoms with van der Waals surface area (Å²) in [5.74, 6) is 0.775. The number of para-hydroxylation sites is 1. The molecule has 1 aromatic heterocycles. The van der Waals surface area contributed by atoms with Gasteiger partial charge in [-0.15, -0.1) is 0 Å². The van der Waals surface area contributed by atoms with Gasteiger partial charge in [0.15, 0.2) is 0 Å². The number of benzene rings is 2. The van der Waals surface area contributed by atoms with Gasteiger partial charge in [-0.25, -0.2) is 0 Å². The zero-order valence-corrected chi connectivity index (χ0v) is 15.3. The van der Waals surface area contributed by atoms with Crippen LogP contribution in [-0.4, -0.2) is 23.1 Å². The van der Waals surface area contributed by atoms with Gasteiger partial charge in [-0.2, -0.15) is 0 Å². The molecule has 0 saturated carbocycles. The summed E-state index contributed by atoms with van der Waals surface area (Å²) in [6.45, 7) is 2.63. The molecule has 1 N–H and O–H groups in total. The van der Waals surface area contributed by atoms with Gasteiger partial charge in [-0.05, 0) is 37.1 Å². The summed E-state index contributed by atoms with van der Waals surface area (Å²) in [6, 6.07) is 14.9. The van der Waals surface area contributed by atoms with E-state index < -0.39 is 16.2 Å². The molecule has 0 aliphatic heterocycles. The molecule has 3 aromatic rings. The van der Waals surface area contributed by atoms with Gasteiger partial charge in [0.2, 0.25) is 0 Å². The number of fused-ring (bicyclic) bond motifs is 1. The van der Waals surface area contributed by atoms with Crippen LogP contribution in [0.1, 0.15) is 12.5 Å². The lowest BCUT2D eigenvalue weighted by Gasteiger charge is -2.14. The molecule has 0 amide bonds. The molecule has 0 atom stereocenters. The predicted molar refractivity (Wildman–Crippen MR) is 106 cm³/mol. The van der Waals surface area contributed by atoms with Crippen LogP contribution in [0, 0.1) is 10.1 Å². The Hall–Kier alpha value is -3.35. The number of ether oxygens (including phenoxy) is 1. The fourth-order valence-electron chi connectivity index (χ4n) is 3.18. The van der Waals surface area contributed by atoms with Crippen molar-refractivity contribution in [1.82, 2.24) is 4.57 Å². The minimum absolute atomic E-state index is 0.277. The SMILES string of the molecule is CCn1c(=O)c([N+](=O)[O-])c(NCCc2ccc(OC)cc2)c2ccccc21. The second kappa shape index (κ2) is 7.90. The van der Waals surface area contributed by atoms with E-state index in [0.29, 0.717) is 30.4 Å². The second-order valence-corrected chi connectivity index (χ2v) is 6.07. The van der Waals surface area contributed by atoms with E-state index in [0.717, 1.165) is 11.3 Å². The average molecular weight is 367 g/mol. The third kappa shape index (κ3) is 3.62. The number of anilines is 1. The van der Waals surface area contributed by atoms with E-state index in [2.05, 4.69) is 5.32 Å². The normalized spacial score (nSPS) is 10.7. The Bertz CT molecular complexity index is 1030. The molecule has 7 heteroatoms. The smallest absolute Gasteiger partial charge is 0.357 e. The first-order valence-corrected chi connectivity index (χ1v) is 8.73. The maximum Gasteiger partial charge on any atom is 0.357 e. The van der Waals surface area contributed by atoms with Gasteiger partial charge in [0.05, 0.1) is 17.5 Å². The van der Waals surface area contributed by atoms with Gasteiger partial charge in [0, 0.05) is 18.5 Å². The minimum atomic E-state index is -0.601. The van der Waals surface area contributed by atoms with E-state index in [1.165, 1.54) is 4.57 Å². The number of aryl methyl sites for hydroxylation is 1. The molecule has 27 heavy (non-hydrogen) atoms. The quantitative estimate of drug-likeness (QED) is 0.509. The van der Waals surface area contributed by atoms with Crippen LogP contribution in [0.15, 0.2) is 53.3 Å². The number of nitro groups is 1. The molecule has 0 aliphatic carbocycles. The van der Waals surface area contributed by atoms with Crippen LogP contribution in [0.5, 0.6) is 5.75 Å². The number of hydrogen-bond donors (Lipinski definition) is 1. The monoisotopic (exact) mass is 367 g/mol. The number of aromatic nitrogens is 1. The van der Waals surface area contributed by atoms with E-state index in [1.54, 1.807) is 26.2 Å². The van der Waals surface area contributed by atoms with E-state index in [9.17, 15) is 14.9 Å². The van der Waals surface area contributed by atoms with Crippen LogP contribution in [0.2, 0.25) is 0 Å². The van der Waals surface area contributed by atoms with Crippen LogP contribution in [-0.2, 0) is 13.0 Å². The molecule has 0 saturated heterocycles. The third-order valence-electron chi connectivity index (χ3n) is 4.52. The lowest BCUT2D eigenvalue weighted by atomic mass is 10.1. The zero-order chi connectivity index (χ0) is 19.4. The summed E-state index contributed by atoms with van der Waals surface area (Å²) < 4.78 is 6.57. The number of rotatable bonds is 7. The Labute approximate surface area is 156 Å². The van der Waals surface area contributed by atoms with Crippen molar-refractivity contribution >= 4 is 22.3 Å². The van der Waals surface area contributed by atoms with Crippen molar-refractivity contribution in [1.29, 1.82) is 0 Å². The number of methoxy groups -OCH3 is 1. The zero-order valence-electron chi connectivity index (χ0n) is 15.3. The Morgan fingerprint density at radius 2 is 1.85 bits per heavy atom. The fraction of sp³-hybridized carbons (Fsp3) is 0.250. The summed E-state index contributed by atoms with van der Waals surface area (Å²) in [5.41, 5.74) is 1.02. The standard InChI is InChI=1S/C20H21N3O4/c1-3-22-17-7-5-4-6-16(17)18(19(20(22)24)23(25)26)21-13-12-14-8-10-15(27-2)11-9-14/h4-11,21H,3,12-13H2,1-2H3. The molecule has 1 heterocycles. The van der Waals surface area contributed by atoms with Crippen molar-refractivity contribution in [2.45, 2.75) is 19.9 Å². The summed E-state index contributed by atoms with van der Waals surface area (Å²) in [5, 5.41) is 15.4. The Kier molecular flexibility index (Phi) is 5.40. The number of hydrogen-bond acceptors (Lipinski definition) is 5. The van der Waals surface area contributed by atoms with Crippen molar-refractivity contribution in [3.05, 3.63) is 74.6 Å². The summed E-state index contributed by atoms with van der Waals surface area (Å²) in [6.07, 6.45) is 0.659. The van der Waals surface area contributed by atoms with Gasteiger partial charge >= 0.3 is 11.2 Å². The average Bonchev–Trinajstić information content (AvgIpc) is 2.68. The van der Waals surface area contributed by atoms with Gasteiger partial charge in [0.1, 0.15) is 11.4 Å². The number of nitrogens with one attached hydrogen (secondary N) is 1. The van der Waals surface area contributed by atoms with E-state index in [4.69, 9.17) is 4.74 Å². The topological polar surface area (TPSA) is 86.4 Å². The molecular formula is C20H21N3O4. The van der Waals surface area contributed by atoms with Crippen molar-refractivity contribution in [2.24, 2.45) is 0 Å². The molecule has 2 aromatic carbocycles. The maximum atomic E-state index is 12.6. The van der Waals surface area contributed by atoms with Crippen LogP contribution in [0.3, 0.4) is 0 Å². The predicted octanol–water partition coefficient (Wildman–Crippen LogP) is 3.59. The molecular weight excluding hydrogens is 346 g/mol. The number of nitrogens with zero attached hydrogens (tertiary/aromatic N) is 2. The molecule has 0 spiro atoms. The highest BCUT2D eigenvalue weighted by Crippen LogP contribution is 2.30. The fourth-order valence-corrected chi connectivity index (χ4v) is 3.18. The third-order valence-corrected chi connectivity index (χ3v) is 4.52.